The molecule has 0 saturated heterocycles. The van der Waals surface area contributed by atoms with Gasteiger partial charge in [-0.1, -0.05) is 117 Å². The highest BCUT2D eigenvalue weighted by molar-refractivity contribution is 6.42. The zero-order valence-electron chi connectivity index (χ0n) is 27.7. The van der Waals surface area contributed by atoms with Crippen LogP contribution < -0.4 is 4.90 Å². The Kier molecular flexibility index (Phi) is 5.93. The summed E-state index contributed by atoms with van der Waals surface area (Å²) >= 11 is 0. The van der Waals surface area contributed by atoms with Crippen molar-refractivity contribution in [1.29, 1.82) is 0 Å². The van der Waals surface area contributed by atoms with Crippen molar-refractivity contribution in [3.63, 3.8) is 0 Å². The zero-order valence-corrected chi connectivity index (χ0v) is 27.7. The number of benzene rings is 8. The van der Waals surface area contributed by atoms with Gasteiger partial charge in [-0.2, -0.15) is 0 Å². The Morgan fingerprint density at radius 2 is 1.08 bits per heavy atom. The highest BCUT2D eigenvalue weighted by Gasteiger charge is 2.39. The monoisotopic (exact) mass is 641 g/mol. The molecule has 8 aromatic rings. The molecule has 0 bridgehead atoms. The number of hydrogen-bond donors (Lipinski definition) is 0. The van der Waals surface area contributed by atoms with Gasteiger partial charge in [0.1, 0.15) is 0 Å². The number of allylic oxidation sites excluding steroid dienone is 1. The molecule has 3 heteroatoms. The van der Waals surface area contributed by atoms with E-state index in [9.17, 15) is 9.59 Å². The van der Waals surface area contributed by atoms with Gasteiger partial charge in [-0.05, 0) is 103 Å². The second kappa shape index (κ2) is 10.3. The van der Waals surface area contributed by atoms with Crippen molar-refractivity contribution >= 4 is 77.8 Å². The van der Waals surface area contributed by atoms with Crippen molar-refractivity contribution in [2.45, 2.75) is 19.3 Å². The van der Waals surface area contributed by atoms with E-state index in [1.165, 1.54) is 38.4 Å². The normalized spacial score (nSPS) is 14.8. The van der Waals surface area contributed by atoms with E-state index in [0.717, 1.165) is 38.5 Å². The maximum Gasteiger partial charge on any atom is 0.197 e. The van der Waals surface area contributed by atoms with Crippen LogP contribution in [-0.2, 0) is 5.41 Å². The van der Waals surface area contributed by atoms with Gasteiger partial charge in [0.05, 0.1) is 22.6 Å². The van der Waals surface area contributed by atoms with Gasteiger partial charge < -0.3 is 4.90 Å². The van der Waals surface area contributed by atoms with Gasteiger partial charge in [-0.3, -0.25) is 9.59 Å². The molecule has 0 aromatic heterocycles. The average Bonchev–Trinajstić information content (AvgIpc) is 3.36. The summed E-state index contributed by atoms with van der Waals surface area (Å²) in [6, 6.07) is 50.7. The molecular formula is C47H31NO2. The maximum absolute atomic E-state index is 13.6. The Morgan fingerprint density at radius 3 is 1.78 bits per heavy atom. The van der Waals surface area contributed by atoms with Crippen LogP contribution in [0.15, 0.2) is 151 Å². The van der Waals surface area contributed by atoms with E-state index in [-0.39, 0.29) is 22.6 Å². The lowest BCUT2D eigenvalue weighted by molar-refractivity contribution is 0.0990. The molecule has 0 N–H and O–H groups in total. The summed E-state index contributed by atoms with van der Waals surface area (Å²) in [5.74, 6) is -0.422. The fourth-order valence-electron chi connectivity index (χ4n) is 8.42. The summed E-state index contributed by atoms with van der Waals surface area (Å²) in [6.07, 6.45) is 1.77. The average molecular weight is 642 g/mol. The summed E-state index contributed by atoms with van der Waals surface area (Å²) in [5.41, 5.74) is 7.68. The molecule has 50 heavy (non-hydrogen) atoms. The Labute approximate surface area is 289 Å². The Morgan fingerprint density at radius 1 is 0.480 bits per heavy atom. The van der Waals surface area contributed by atoms with Crippen molar-refractivity contribution in [2.75, 3.05) is 4.90 Å². The maximum atomic E-state index is 13.6. The molecule has 0 unspecified atom stereocenters. The molecule has 3 nitrogen and oxygen atoms in total. The number of anilines is 3. The summed E-state index contributed by atoms with van der Waals surface area (Å²) in [5, 5.41) is 8.95. The van der Waals surface area contributed by atoms with Crippen molar-refractivity contribution in [1.82, 2.24) is 0 Å². The molecule has 0 atom stereocenters. The van der Waals surface area contributed by atoms with Crippen molar-refractivity contribution in [3.05, 3.63) is 179 Å². The van der Waals surface area contributed by atoms with E-state index >= 15 is 0 Å². The van der Waals surface area contributed by atoms with E-state index < -0.39 is 0 Å². The molecular weight excluding hydrogens is 611 g/mol. The smallest absolute Gasteiger partial charge is 0.197 e. The van der Waals surface area contributed by atoms with Gasteiger partial charge in [0, 0.05) is 21.9 Å². The van der Waals surface area contributed by atoms with Gasteiger partial charge in [-0.15, -0.1) is 0 Å². The van der Waals surface area contributed by atoms with Crippen molar-refractivity contribution in [2.24, 2.45) is 0 Å². The van der Waals surface area contributed by atoms with Gasteiger partial charge in [0.15, 0.2) is 11.6 Å². The number of carbonyl (C=O) groups excluding carboxylic acids is 2. The fraction of sp³-hybridized carbons (Fsp3) is 0.0638. The van der Waals surface area contributed by atoms with Gasteiger partial charge in [-0.25, -0.2) is 0 Å². The molecule has 1 aliphatic heterocycles. The van der Waals surface area contributed by atoms with Crippen LogP contribution in [0.1, 0.15) is 51.3 Å². The minimum atomic E-state index is -0.323. The van der Waals surface area contributed by atoms with Gasteiger partial charge in [0.25, 0.3) is 0 Å². The summed E-state index contributed by atoms with van der Waals surface area (Å²) < 4.78 is 0. The van der Waals surface area contributed by atoms with E-state index in [4.69, 9.17) is 0 Å². The molecule has 236 valence electrons. The van der Waals surface area contributed by atoms with Crippen LogP contribution in [0.25, 0.3) is 49.2 Å². The third kappa shape index (κ3) is 4.04. The van der Waals surface area contributed by atoms with Gasteiger partial charge in [0.2, 0.25) is 0 Å². The number of nitrogens with zero attached hydrogens (tertiary/aromatic N) is 1. The van der Waals surface area contributed by atoms with E-state index in [2.05, 4.69) is 122 Å². The molecule has 0 amide bonds. The number of Topliss-reactive ketones (excluding diaryl/α,β-unsaturated/α-hetero) is 2. The minimum absolute atomic E-state index is 0.211. The first-order valence-corrected chi connectivity index (χ1v) is 17.1. The highest BCUT2D eigenvalue weighted by atomic mass is 16.2. The first-order chi connectivity index (χ1) is 24.4. The molecule has 0 fully saturated rings. The third-order valence-electron chi connectivity index (χ3n) is 10.8. The van der Waals surface area contributed by atoms with Crippen molar-refractivity contribution in [3.8, 4) is 0 Å². The van der Waals surface area contributed by atoms with E-state index in [1.54, 1.807) is 6.08 Å². The molecule has 8 aromatic carbocycles. The van der Waals surface area contributed by atoms with Crippen LogP contribution in [0.3, 0.4) is 0 Å². The third-order valence-corrected chi connectivity index (χ3v) is 10.8. The van der Waals surface area contributed by atoms with E-state index in [1.807, 2.05) is 42.5 Å². The SMILES string of the molecule is CC1(C)c2cc3ccccc3cc2N(c2cccc3ccccc23)c2ccc3cc(C=C4C(=O)c5cc6ccccc6cc5C4=O)ccc3c21. The Balaban J connectivity index is 1.16. The number of fused-ring (bicyclic) bond motifs is 8. The highest BCUT2D eigenvalue weighted by Crippen LogP contribution is 2.55. The first kappa shape index (κ1) is 28.7. The molecule has 0 radical (unpaired) electrons. The lowest BCUT2D eigenvalue weighted by atomic mass is 9.71. The summed E-state index contributed by atoms with van der Waals surface area (Å²) in [4.78, 5) is 29.6. The number of carbonyl (C=O) groups is 2. The second-order valence-electron chi connectivity index (χ2n) is 14.1. The van der Waals surface area contributed by atoms with Crippen LogP contribution in [0.2, 0.25) is 0 Å². The number of ketones is 2. The molecule has 0 spiro atoms. The van der Waals surface area contributed by atoms with Crippen LogP contribution >= 0.6 is 0 Å². The fourth-order valence-corrected chi connectivity index (χ4v) is 8.42. The Bertz CT molecular complexity index is 2780. The van der Waals surface area contributed by atoms with Crippen molar-refractivity contribution < 1.29 is 9.59 Å². The van der Waals surface area contributed by atoms with E-state index in [0.29, 0.717) is 11.1 Å². The number of hydrogen-bond acceptors (Lipinski definition) is 3. The minimum Gasteiger partial charge on any atom is -0.309 e. The number of rotatable bonds is 2. The predicted octanol–water partition coefficient (Wildman–Crippen LogP) is 11.9. The first-order valence-electron chi connectivity index (χ1n) is 17.1. The molecule has 1 aliphatic carbocycles. The van der Waals surface area contributed by atoms with Crippen LogP contribution in [0, 0.1) is 0 Å². The summed E-state index contributed by atoms with van der Waals surface area (Å²) in [7, 11) is 0. The van der Waals surface area contributed by atoms with Crippen LogP contribution in [-0.4, -0.2) is 11.6 Å². The van der Waals surface area contributed by atoms with Crippen LogP contribution in [0.5, 0.6) is 0 Å². The zero-order chi connectivity index (χ0) is 33.7. The molecule has 1 heterocycles. The lowest BCUT2D eigenvalue weighted by Gasteiger charge is -2.43. The second-order valence-corrected chi connectivity index (χ2v) is 14.1. The largest absolute Gasteiger partial charge is 0.309 e. The summed E-state index contributed by atoms with van der Waals surface area (Å²) in [6.45, 7) is 4.65. The van der Waals surface area contributed by atoms with Gasteiger partial charge >= 0.3 is 0 Å². The Hall–Kier alpha value is -6.32. The standard InChI is InChI=1S/C47H31NO2/c1-47(2)40-26-32-13-5-6-14-33(32)27-43(40)48(41-17-9-15-29-10-7-8-16-35(29)41)42-21-19-34-22-28(18-20-36(34)44(42)47)23-39-45(49)37-24-30-11-3-4-12-31(30)25-38(37)46(39)50/h3-27H,1-2H3. The molecule has 10 rings (SSSR count). The molecule has 0 saturated carbocycles. The molecule has 2 aliphatic rings. The quantitative estimate of drug-likeness (QED) is 0.139. The topological polar surface area (TPSA) is 37.4 Å². The van der Waals surface area contributed by atoms with Crippen LogP contribution in [0.4, 0.5) is 17.1 Å². The lowest BCUT2D eigenvalue weighted by Crippen LogP contribution is -2.31. The predicted molar refractivity (Wildman–Crippen MR) is 206 cm³/mol.